The molecule has 2 atom stereocenters. The van der Waals surface area contributed by atoms with Crippen molar-refractivity contribution in [3.63, 3.8) is 0 Å². The second-order valence-corrected chi connectivity index (χ2v) is 5.39. The van der Waals surface area contributed by atoms with Crippen molar-refractivity contribution in [2.24, 2.45) is 5.92 Å². The van der Waals surface area contributed by atoms with Crippen molar-refractivity contribution in [1.29, 1.82) is 0 Å². The van der Waals surface area contributed by atoms with Crippen molar-refractivity contribution >= 4 is 11.9 Å². The lowest BCUT2D eigenvalue weighted by Crippen LogP contribution is -2.40. The maximum atomic E-state index is 12.1. The van der Waals surface area contributed by atoms with Crippen LogP contribution in [0.3, 0.4) is 0 Å². The molecule has 2 unspecified atom stereocenters. The van der Waals surface area contributed by atoms with Gasteiger partial charge in [-0.3, -0.25) is 4.79 Å². The van der Waals surface area contributed by atoms with Gasteiger partial charge in [-0.1, -0.05) is 39.5 Å². The van der Waals surface area contributed by atoms with E-state index in [0.29, 0.717) is 25.3 Å². The molecule has 0 bridgehead atoms. The lowest BCUT2D eigenvalue weighted by molar-refractivity contribution is -0.148. The maximum Gasteiger partial charge on any atom is 0.326 e. The number of carbonyl (C=O) groups is 2. The highest BCUT2D eigenvalue weighted by atomic mass is 16.4. The van der Waals surface area contributed by atoms with Gasteiger partial charge in [0.2, 0.25) is 5.91 Å². The molecule has 1 heterocycles. The SMILES string of the molecule is CCCCCC(C)CC(=O)N1CCCC1C(=O)O. The minimum atomic E-state index is -0.862. The quantitative estimate of drug-likeness (QED) is 0.711. The van der Waals surface area contributed by atoms with Crippen molar-refractivity contribution in [3.8, 4) is 0 Å². The third kappa shape index (κ3) is 4.31. The Labute approximate surface area is 109 Å². The Morgan fingerprint density at radius 1 is 1.39 bits per heavy atom. The van der Waals surface area contributed by atoms with Gasteiger partial charge in [0.1, 0.15) is 6.04 Å². The highest BCUT2D eigenvalue weighted by Crippen LogP contribution is 2.21. The van der Waals surface area contributed by atoms with Crippen LogP contribution in [0.4, 0.5) is 0 Å². The zero-order chi connectivity index (χ0) is 13.5. The molecule has 0 spiro atoms. The molecule has 1 fully saturated rings. The van der Waals surface area contributed by atoms with Crippen molar-refractivity contribution in [2.75, 3.05) is 6.54 Å². The Morgan fingerprint density at radius 3 is 2.72 bits per heavy atom. The highest BCUT2D eigenvalue weighted by Gasteiger charge is 2.33. The van der Waals surface area contributed by atoms with Gasteiger partial charge < -0.3 is 10.0 Å². The van der Waals surface area contributed by atoms with E-state index in [0.717, 1.165) is 19.3 Å². The summed E-state index contributed by atoms with van der Waals surface area (Å²) in [5.74, 6) is -0.484. The normalized spacial score (nSPS) is 21.0. The number of unbranched alkanes of at least 4 members (excludes halogenated alkanes) is 2. The van der Waals surface area contributed by atoms with Gasteiger partial charge in [0.15, 0.2) is 0 Å². The Balaban J connectivity index is 2.37. The molecule has 0 saturated carbocycles. The minimum absolute atomic E-state index is 0.0175. The number of hydrogen-bond acceptors (Lipinski definition) is 2. The summed E-state index contributed by atoms with van der Waals surface area (Å²) in [6.45, 7) is 4.86. The number of likely N-dealkylation sites (tertiary alicyclic amines) is 1. The van der Waals surface area contributed by atoms with E-state index in [2.05, 4.69) is 13.8 Å². The Kier molecular flexibility index (Phi) is 6.16. The van der Waals surface area contributed by atoms with E-state index < -0.39 is 12.0 Å². The monoisotopic (exact) mass is 255 g/mol. The molecule has 0 radical (unpaired) electrons. The summed E-state index contributed by atoms with van der Waals surface area (Å²) >= 11 is 0. The van der Waals surface area contributed by atoms with Crippen LogP contribution in [0.1, 0.15) is 58.8 Å². The number of carboxylic acids is 1. The fourth-order valence-corrected chi connectivity index (χ4v) is 2.58. The van der Waals surface area contributed by atoms with Gasteiger partial charge in [-0.25, -0.2) is 4.79 Å². The van der Waals surface area contributed by atoms with Gasteiger partial charge in [-0.2, -0.15) is 0 Å². The summed E-state index contributed by atoms with van der Waals surface area (Å²) < 4.78 is 0. The molecule has 1 amide bonds. The number of rotatable bonds is 7. The van der Waals surface area contributed by atoms with Crippen LogP contribution in [-0.4, -0.2) is 34.5 Å². The molecule has 4 nitrogen and oxygen atoms in total. The first kappa shape index (κ1) is 15.0. The molecule has 0 aromatic heterocycles. The second kappa shape index (κ2) is 7.39. The average molecular weight is 255 g/mol. The summed E-state index contributed by atoms with van der Waals surface area (Å²) in [4.78, 5) is 24.6. The molecule has 0 aromatic carbocycles. The van der Waals surface area contributed by atoms with Crippen LogP contribution in [-0.2, 0) is 9.59 Å². The van der Waals surface area contributed by atoms with Crippen LogP contribution < -0.4 is 0 Å². The van der Waals surface area contributed by atoms with Crippen LogP contribution in [0, 0.1) is 5.92 Å². The van der Waals surface area contributed by atoms with E-state index in [1.165, 1.54) is 12.8 Å². The third-order valence-corrected chi connectivity index (χ3v) is 3.68. The van der Waals surface area contributed by atoms with Crippen LogP contribution >= 0.6 is 0 Å². The van der Waals surface area contributed by atoms with Crippen molar-refractivity contribution in [3.05, 3.63) is 0 Å². The van der Waals surface area contributed by atoms with Gasteiger partial charge in [-0.05, 0) is 18.8 Å². The molecular formula is C14H25NO3. The van der Waals surface area contributed by atoms with E-state index in [4.69, 9.17) is 5.11 Å². The predicted molar refractivity (Wildman–Crippen MR) is 70.3 cm³/mol. The van der Waals surface area contributed by atoms with Gasteiger partial charge in [-0.15, -0.1) is 0 Å². The summed E-state index contributed by atoms with van der Waals surface area (Å²) in [6, 6.07) is -0.583. The minimum Gasteiger partial charge on any atom is -0.480 e. The predicted octanol–water partition coefficient (Wildman–Crippen LogP) is 2.67. The van der Waals surface area contributed by atoms with Gasteiger partial charge in [0.25, 0.3) is 0 Å². The van der Waals surface area contributed by atoms with Gasteiger partial charge >= 0.3 is 5.97 Å². The van der Waals surface area contributed by atoms with Crippen molar-refractivity contribution < 1.29 is 14.7 Å². The Morgan fingerprint density at radius 2 is 2.11 bits per heavy atom. The fraction of sp³-hybridized carbons (Fsp3) is 0.857. The van der Waals surface area contributed by atoms with E-state index in [1.807, 2.05) is 0 Å². The molecule has 104 valence electrons. The first-order chi connectivity index (χ1) is 8.56. The van der Waals surface area contributed by atoms with Gasteiger partial charge in [0, 0.05) is 13.0 Å². The van der Waals surface area contributed by atoms with Gasteiger partial charge in [0.05, 0.1) is 0 Å². The number of amides is 1. The number of hydrogen-bond donors (Lipinski definition) is 1. The number of carboxylic acid groups (broad SMARTS) is 1. The molecular weight excluding hydrogens is 230 g/mol. The second-order valence-electron chi connectivity index (χ2n) is 5.39. The maximum absolute atomic E-state index is 12.1. The fourth-order valence-electron chi connectivity index (χ4n) is 2.58. The smallest absolute Gasteiger partial charge is 0.326 e. The molecule has 0 aliphatic carbocycles. The summed E-state index contributed by atoms with van der Waals surface area (Å²) in [7, 11) is 0. The molecule has 1 aliphatic rings. The number of aliphatic carboxylic acids is 1. The molecule has 1 saturated heterocycles. The van der Waals surface area contributed by atoms with E-state index in [9.17, 15) is 9.59 Å². The van der Waals surface area contributed by atoms with Crippen molar-refractivity contribution in [1.82, 2.24) is 4.90 Å². The van der Waals surface area contributed by atoms with Crippen LogP contribution in [0.25, 0.3) is 0 Å². The Bertz CT molecular complexity index is 291. The third-order valence-electron chi connectivity index (χ3n) is 3.68. The van der Waals surface area contributed by atoms with E-state index in [-0.39, 0.29) is 5.91 Å². The molecule has 1 aliphatic heterocycles. The first-order valence-corrected chi connectivity index (χ1v) is 7.08. The molecule has 18 heavy (non-hydrogen) atoms. The number of carbonyl (C=O) groups excluding carboxylic acids is 1. The highest BCUT2D eigenvalue weighted by molar-refractivity contribution is 5.84. The average Bonchev–Trinajstić information content (AvgIpc) is 2.78. The van der Waals surface area contributed by atoms with Crippen LogP contribution in [0.15, 0.2) is 0 Å². The standard InChI is InChI=1S/C14H25NO3/c1-3-4-5-7-11(2)10-13(16)15-9-6-8-12(15)14(17)18/h11-12H,3-10H2,1-2H3,(H,17,18). The zero-order valence-corrected chi connectivity index (χ0v) is 11.5. The molecule has 4 heteroatoms. The van der Waals surface area contributed by atoms with E-state index >= 15 is 0 Å². The molecule has 0 aromatic rings. The molecule has 1 N–H and O–H groups in total. The Hall–Kier alpha value is -1.06. The number of nitrogens with zero attached hydrogens (tertiary/aromatic N) is 1. The first-order valence-electron chi connectivity index (χ1n) is 7.08. The zero-order valence-electron chi connectivity index (χ0n) is 11.5. The lowest BCUT2D eigenvalue weighted by atomic mass is 9.99. The largest absolute Gasteiger partial charge is 0.480 e. The van der Waals surface area contributed by atoms with E-state index in [1.54, 1.807) is 4.90 Å². The summed E-state index contributed by atoms with van der Waals surface area (Å²) in [5.41, 5.74) is 0. The van der Waals surface area contributed by atoms with Crippen LogP contribution in [0.5, 0.6) is 0 Å². The van der Waals surface area contributed by atoms with Crippen LogP contribution in [0.2, 0.25) is 0 Å². The lowest BCUT2D eigenvalue weighted by Gasteiger charge is -2.23. The summed E-state index contributed by atoms with van der Waals surface area (Å²) in [6.07, 6.45) is 6.53. The van der Waals surface area contributed by atoms with Crippen molar-refractivity contribution in [2.45, 2.75) is 64.8 Å². The summed E-state index contributed by atoms with van der Waals surface area (Å²) in [5, 5.41) is 9.05. The topological polar surface area (TPSA) is 57.6 Å². The molecule has 1 rings (SSSR count).